The van der Waals surface area contributed by atoms with Crippen LogP contribution in [0.2, 0.25) is 0 Å². The van der Waals surface area contributed by atoms with Crippen molar-refractivity contribution in [2.24, 2.45) is 11.7 Å². The number of amides is 1. The fourth-order valence-electron chi connectivity index (χ4n) is 2.33. The van der Waals surface area contributed by atoms with Crippen molar-refractivity contribution in [3.05, 3.63) is 59.7 Å². The molecule has 0 saturated heterocycles. The molecule has 4 nitrogen and oxygen atoms in total. The van der Waals surface area contributed by atoms with Gasteiger partial charge in [0.1, 0.15) is 11.9 Å². The smallest absolute Gasteiger partial charge is 0.228 e. The Hall–Kier alpha value is -2.33. The van der Waals surface area contributed by atoms with Gasteiger partial charge in [0.25, 0.3) is 0 Å². The van der Waals surface area contributed by atoms with Crippen LogP contribution in [0.4, 0.5) is 5.69 Å². The highest BCUT2D eigenvalue weighted by atomic mass is 16.5. The lowest BCUT2D eigenvalue weighted by Gasteiger charge is -2.18. The van der Waals surface area contributed by atoms with Crippen molar-refractivity contribution in [2.75, 3.05) is 5.32 Å². The maximum absolute atomic E-state index is 12.1. The second-order valence-corrected chi connectivity index (χ2v) is 6.28. The summed E-state index contributed by atoms with van der Waals surface area (Å²) < 4.78 is 5.99. The standard InChI is InChI=1S/C20H26N2O2/c1-13-12-18(24-16(4)17-8-6-5-7-9-17)10-11-19(13)22-20(23)14(2)15(3)21/h5-12,14-16H,21H2,1-4H3,(H,22,23). The van der Waals surface area contributed by atoms with Gasteiger partial charge in [-0.2, -0.15) is 0 Å². The number of carbonyl (C=O) groups excluding carboxylic acids is 1. The number of nitrogens with two attached hydrogens (primary N) is 1. The normalized spacial score (nSPS) is 14.5. The fourth-order valence-corrected chi connectivity index (χ4v) is 2.33. The third-order valence-electron chi connectivity index (χ3n) is 4.24. The van der Waals surface area contributed by atoms with Crippen LogP contribution >= 0.6 is 0 Å². The van der Waals surface area contributed by atoms with Crippen molar-refractivity contribution in [1.29, 1.82) is 0 Å². The van der Waals surface area contributed by atoms with E-state index in [0.29, 0.717) is 0 Å². The fraction of sp³-hybridized carbons (Fsp3) is 0.350. The van der Waals surface area contributed by atoms with Gasteiger partial charge >= 0.3 is 0 Å². The average molecular weight is 326 g/mol. The SMILES string of the molecule is Cc1cc(OC(C)c2ccccc2)ccc1NC(=O)C(C)C(C)N. The number of aryl methyl sites for hydroxylation is 1. The Kier molecular flexibility index (Phi) is 5.99. The van der Waals surface area contributed by atoms with Crippen LogP contribution in [-0.2, 0) is 4.79 Å². The molecule has 3 unspecified atom stereocenters. The largest absolute Gasteiger partial charge is 0.486 e. The second kappa shape index (κ2) is 7.97. The Morgan fingerprint density at radius 3 is 2.33 bits per heavy atom. The highest BCUT2D eigenvalue weighted by molar-refractivity contribution is 5.93. The van der Waals surface area contributed by atoms with E-state index in [4.69, 9.17) is 10.5 Å². The summed E-state index contributed by atoms with van der Waals surface area (Å²) in [6.07, 6.45) is -0.0378. The van der Waals surface area contributed by atoms with Crippen LogP contribution in [0.1, 0.15) is 38.0 Å². The first-order chi connectivity index (χ1) is 11.4. The van der Waals surface area contributed by atoms with Crippen molar-refractivity contribution in [3.63, 3.8) is 0 Å². The van der Waals surface area contributed by atoms with Crippen LogP contribution in [0.15, 0.2) is 48.5 Å². The quantitative estimate of drug-likeness (QED) is 0.841. The summed E-state index contributed by atoms with van der Waals surface area (Å²) in [6, 6.07) is 15.6. The molecule has 0 radical (unpaired) electrons. The first-order valence-electron chi connectivity index (χ1n) is 8.27. The van der Waals surface area contributed by atoms with Crippen LogP contribution in [0.5, 0.6) is 5.75 Å². The molecule has 2 rings (SSSR count). The lowest BCUT2D eigenvalue weighted by Crippen LogP contribution is -2.34. The molecule has 4 heteroatoms. The van der Waals surface area contributed by atoms with Gasteiger partial charge in [0.2, 0.25) is 5.91 Å². The van der Waals surface area contributed by atoms with E-state index in [-0.39, 0.29) is 24.0 Å². The van der Waals surface area contributed by atoms with Gasteiger partial charge in [-0.1, -0.05) is 37.3 Å². The summed E-state index contributed by atoms with van der Waals surface area (Å²) in [7, 11) is 0. The maximum atomic E-state index is 12.1. The molecule has 1 amide bonds. The van der Waals surface area contributed by atoms with Gasteiger partial charge in [-0.05, 0) is 50.1 Å². The molecular weight excluding hydrogens is 300 g/mol. The lowest BCUT2D eigenvalue weighted by molar-refractivity contribution is -0.119. The van der Waals surface area contributed by atoms with Crippen molar-refractivity contribution in [2.45, 2.75) is 39.8 Å². The number of hydrogen-bond acceptors (Lipinski definition) is 3. The van der Waals surface area contributed by atoms with E-state index in [1.807, 2.05) is 76.2 Å². The van der Waals surface area contributed by atoms with Crippen molar-refractivity contribution < 1.29 is 9.53 Å². The Balaban J connectivity index is 2.05. The number of hydrogen-bond donors (Lipinski definition) is 2. The van der Waals surface area contributed by atoms with Gasteiger partial charge in [-0.15, -0.1) is 0 Å². The molecule has 0 bridgehead atoms. The molecule has 0 spiro atoms. The maximum Gasteiger partial charge on any atom is 0.228 e. The van der Waals surface area contributed by atoms with Gasteiger partial charge < -0.3 is 15.8 Å². The molecule has 3 atom stereocenters. The zero-order chi connectivity index (χ0) is 17.7. The number of carbonyl (C=O) groups is 1. The zero-order valence-corrected chi connectivity index (χ0v) is 14.7. The van der Waals surface area contributed by atoms with Crippen molar-refractivity contribution >= 4 is 11.6 Å². The van der Waals surface area contributed by atoms with E-state index in [9.17, 15) is 4.79 Å². The Labute approximate surface area is 144 Å². The predicted molar refractivity (Wildman–Crippen MR) is 98.1 cm³/mol. The van der Waals surface area contributed by atoms with Crippen LogP contribution in [0.25, 0.3) is 0 Å². The Morgan fingerprint density at radius 2 is 1.75 bits per heavy atom. The molecule has 0 saturated carbocycles. The van der Waals surface area contributed by atoms with Gasteiger partial charge in [0.05, 0.1) is 5.92 Å². The molecule has 0 aromatic heterocycles. The molecule has 0 aliphatic heterocycles. The van der Waals surface area contributed by atoms with Crippen LogP contribution in [0, 0.1) is 12.8 Å². The predicted octanol–water partition coefficient (Wildman–Crippen LogP) is 4.06. The van der Waals surface area contributed by atoms with Crippen molar-refractivity contribution in [3.8, 4) is 5.75 Å². The summed E-state index contributed by atoms with van der Waals surface area (Å²) in [5, 5.41) is 2.93. The summed E-state index contributed by atoms with van der Waals surface area (Å²) in [6.45, 7) is 7.63. The average Bonchev–Trinajstić information content (AvgIpc) is 2.57. The topological polar surface area (TPSA) is 64.3 Å². The molecule has 0 heterocycles. The van der Waals surface area contributed by atoms with Crippen molar-refractivity contribution in [1.82, 2.24) is 0 Å². The monoisotopic (exact) mass is 326 g/mol. The second-order valence-electron chi connectivity index (χ2n) is 6.28. The van der Waals surface area contributed by atoms with Gasteiger partial charge in [0, 0.05) is 11.7 Å². The molecule has 24 heavy (non-hydrogen) atoms. The lowest BCUT2D eigenvalue weighted by atomic mass is 10.0. The number of ether oxygens (including phenoxy) is 1. The minimum Gasteiger partial charge on any atom is -0.486 e. The van der Waals surface area contributed by atoms with Crippen LogP contribution in [-0.4, -0.2) is 11.9 Å². The molecule has 0 fully saturated rings. The van der Waals surface area contributed by atoms with E-state index in [1.54, 1.807) is 0 Å². The van der Waals surface area contributed by atoms with Gasteiger partial charge in [-0.25, -0.2) is 0 Å². The highest BCUT2D eigenvalue weighted by Crippen LogP contribution is 2.26. The number of anilines is 1. The Bertz CT molecular complexity index is 683. The summed E-state index contributed by atoms with van der Waals surface area (Å²) in [5.41, 5.74) is 8.65. The summed E-state index contributed by atoms with van der Waals surface area (Å²) >= 11 is 0. The minimum absolute atomic E-state index is 0.0378. The van der Waals surface area contributed by atoms with Crippen LogP contribution < -0.4 is 15.8 Å². The first-order valence-corrected chi connectivity index (χ1v) is 8.27. The third kappa shape index (κ3) is 4.59. The van der Waals surface area contributed by atoms with E-state index >= 15 is 0 Å². The minimum atomic E-state index is -0.238. The number of benzene rings is 2. The number of nitrogens with one attached hydrogen (secondary N) is 1. The Morgan fingerprint density at radius 1 is 1.08 bits per heavy atom. The van der Waals surface area contributed by atoms with Gasteiger partial charge in [-0.3, -0.25) is 4.79 Å². The number of rotatable bonds is 6. The van der Waals surface area contributed by atoms with E-state index in [0.717, 1.165) is 22.6 Å². The molecule has 0 aliphatic carbocycles. The molecule has 2 aromatic carbocycles. The van der Waals surface area contributed by atoms with E-state index in [2.05, 4.69) is 5.32 Å². The first kappa shape index (κ1) is 18.0. The van der Waals surface area contributed by atoms with E-state index < -0.39 is 0 Å². The summed E-state index contributed by atoms with van der Waals surface area (Å²) in [4.78, 5) is 12.1. The van der Waals surface area contributed by atoms with E-state index in [1.165, 1.54) is 0 Å². The molecular formula is C20H26N2O2. The third-order valence-corrected chi connectivity index (χ3v) is 4.24. The van der Waals surface area contributed by atoms with Crippen LogP contribution in [0.3, 0.4) is 0 Å². The zero-order valence-electron chi connectivity index (χ0n) is 14.7. The highest BCUT2D eigenvalue weighted by Gasteiger charge is 2.18. The van der Waals surface area contributed by atoms with Gasteiger partial charge in [0.15, 0.2) is 0 Å². The summed E-state index contributed by atoms with van der Waals surface area (Å²) in [5.74, 6) is 0.472. The molecule has 3 N–H and O–H groups in total. The molecule has 2 aromatic rings. The molecule has 0 aliphatic rings. The molecule has 128 valence electrons.